The summed E-state index contributed by atoms with van der Waals surface area (Å²) in [7, 11) is 0. The lowest BCUT2D eigenvalue weighted by Gasteiger charge is -2.27. The van der Waals surface area contributed by atoms with Gasteiger partial charge >= 0.3 is 0 Å². The van der Waals surface area contributed by atoms with Gasteiger partial charge in [0.2, 0.25) is 0 Å². The molecule has 0 unspecified atom stereocenters. The number of hydrogen-bond acceptors (Lipinski definition) is 5. The molecule has 2 aromatic carbocycles. The van der Waals surface area contributed by atoms with Crippen LogP contribution < -0.4 is 0 Å². The Morgan fingerprint density at radius 1 is 1.11 bits per heavy atom. The maximum atomic E-state index is 10.4. The molecule has 0 aliphatic carbocycles. The van der Waals surface area contributed by atoms with Crippen LogP contribution in [0.4, 0.5) is 0 Å². The Balaban J connectivity index is 1.59. The van der Waals surface area contributed by atoms with Crippen molar-refractivity contribution in [2.75, 3.05) is 19.7 Å². The largest absolute Gasteiger partial charge is 0.390 e. The summed E-state index contributed by atoms with van der Waals surface area (Å²) in [5.41, 5.74) is 3.29. The number of rotatable bonds is 10. The first-order chi connectivity index (χ1) is 13.6. The monoisotopic (exact) mass is 382 g/mol. The van der Waals surface area contributed by atoms with Gasteiger partial charge in [0.25, 0.3) is 0 Å². The zero-order valence-corrected chi connectivity index (χ0v) is 16.7. The summed E-state index contributed by atoms with van der Waals surface area (Å²) >= 11 is 0. The molecular formula is C23H30N2O3. The second-order valence-electron chi connectivity index (χ2n) is 7.55. The molecule has 0 fully saturated rings. The molecule has 0 spiro atoms. The van der Waals surface area contributed by atoms with Crippen LogP contribution in [0.15, 0.2) is 65.8 Å². The summed E-state index contributed by atoms with van der Waals surface area (Å²) in [5.74, 6) is 0. The molecule has 1 N–H and O–H groups in total. The molecule has 5 heteroatoms. The number of ether oxygens (including phenoxy) is 1. The minimum absolute atomic E-state index is 0.0165. The Morgan fingerprint density at radius 2 is 1.79 bits per heavy atom. The molecular weight excluding hydrogens is 352 g/mol. The van der Waals surface area contributed by atoms with Crippen molar-refractivity contribution in [3.63, 3.8) is 0 Å². The fraction of sp³-hybridized carbons (Fsp3) is 0.435. The summed E-state index contributed by atoms with van der Waals surface area (Å²) in [4.78, 5) is 7.92. The lowest BCUT2D eigenvalue weighted by molar-refractivity contribution is -0.0194. The van der Waals surface area contributed by atoms with Crippen molar-refractivity contribution in [3.8, 4) is 0 Å². The second-order valence-corrected chi connectivity index (χ2v) is 7.55. The zero-order chi connectivity index (χ0) is 19.8. The number of aliphatic hydroxyl groups is 1. The van der Waals surface area contributed by atoms with Crippen LogP contribution >= 0.6 is 0 Å². The highest BCUT2D eigenvalue weighted by atomic mass is 16.6. The highest BCUT2D eigenvalue weighted by Crippen LogP contribution is 2.18. The molecule has 0 bridgehead atoms. The first kappa shape index (κ1) is 20.5. The topological polar surface area (TPSA) is 54.3 Å². The van der Waals surface area contributed by atoms with Gasteiger partial charge in [0.05, 0.1) is 24.5 Å². The predicted octanol–water partition coefficient (Wildman–Crippen LogP) is 3.47. The molecule has 1 heterocycles. The molecule has 0 aromatic heterocycles. The third-order valence-electron chi connectivity index (χ3n) is 4.64. The van der Waals surface area contributed by atoms with Crippen LogP contribution in [0.5, 0.6) is 0 Å². The van der Waals surface area contributed by atoms with E-state index in [-0.39, 0.29) is 12.2 Å². The van der Waals surface area contributed by atoms with Crippen LogP contribution in [0.1, 0.15) is 31.4 Å². The molecule has 0 saturated carbocycles. The van der Waals surface area contributed by atoms with Crippen molar-refractivity contribution >= 4 is 5.71 Å². The molecule has 3 rings (SSSR count). The van der Waals surface area contributed by atoms with Gasteiger partial charge in [-0.1, -0.05) is 65.8 Å². The van der Waals surface area contributed by atoms with Gasteiger partial charge in [-0.05, 0) is 25.0 Å². The lowest BCUT2D eigenvalue weighted by Crippen LogP contribution is -2.39. The number of aliphatic hydroxyl groups excluding tert-OH is 1. The summed E-state index contributed by atoms with van der Waals surface area (Å²) in [6, 6.07) is 20.4. The van der Waals surface area contributed by atoms with Crippen molar-refractivity contribution in [1.82, 2.24) is 4.90 Å². The van der Waals surface area contributed by atoms with E-state index in [1.165, 1.54) is 5.56 Å². The van der Waals surface area contributed by atoms with Crippen LogP contribution in [0, 0.1) is 0 Å². The SMILES string of the molecule is CC(C)OC[C@H](O)CN(Cc1ccccc1)C[C@@H]1CC(c2ccccc2)=NO1. The molecule has 150 valence electrons. The fourth-order valence-electron chi connectivity index (χ4n) is 3.31. The number of nitrogens with zero attached hydrogens (tertiary/aromatic N) is 2. The summed E-state index contributed by atoms with van der Waals surface area (Å²) in [6.45, 7) is 6.27. The van der Waals surface area contributed by atoms with E-state index in [9.17, 15) is 5.11 Å². The van der Waals surface area contributed by atoms with Crippen LogP contribution in [0.25, 0.3) is 0 Å². The van der Waals surface area contributed by atoms with Gasteiger partial charge in [-0.3, -0.25) is 4.90 Å². The Kier molecular flexibility index (Phi) is 7.60. The van der Waals surface area contributed by atoms with Crippen molar-refractivity contribution in [3.05, 3.63) is 71.8 Å². The highest BCUT2D eigenvalue weighted by molar-refractivity contribution is 6.01. The second kappa shape index (κ2) is 10.4. The Morgan fingerprint density at radius 3 is 2.46 bits per heavy atom. The normalized spacial score (nSPS) is 17.6. The third kappa shape index (κ3) is 6.44. The van der Waals surface area contributed by atoms with E-state index in [4.69, 9.17) is 9.57 Å². The van der Waals surface area contributed by atoms with E-state index < -0.39 is 6.10 Å². The molecule has 5 nitrogen and oxygen atoms in total. The summed E-state index contributed by atoms with van der Waals surface area (Å²) < 4.78 is 5.57. The Hall–Kier alpha value is -2.21. The van der Waals surface area contributed by atoms with Crippen molar-refractivity contribution < 1.29 is 14.7 Å². The van der Waals surface area contributed by atoms with Gasteiger partial charge in [-0.2, -0.15) is 0 Å². The molecule has 2 atom stereocenters. The number of benzene rings is 2. The van der Waals surface area contributed by atoms with Crippen LogP contribution in [0.3, 0.4) is 0 Å². The predicted molar refractivity (Wildman–Crippen MR) is 111 cm³/mol. The van der Waals surface area contributed by atoms with Gasteiger partial charge in [0, 0.05) is 26.1 Å². The molecule has 0 radical (unpaired) electrons. The van der Waals surface area contributed by atoms with Gasteiger partial charge in [0.15, 0.2) is 0 Å². The zero-order valence-electron chi connectivity index (χ0n) is 16.7. The van der Waals surface area contributed by atoms with E-state index in [1.807, 2.05) is 50.2 Å². The molecule has 0 saturated heterocycles. The van der Waals surface area contributed by atoms with Crippen molar-refractivity contribution in [2.24, 2.45) is 5.16 Å². The van der Waals surface area contributed by atoms with E-state index in [0.29, 0.717) is 19.7 Å². The first-order valence-electron chi connectivity index (χ1n) is 9.94. The van der Waals surface area contributed by atoms with Gasteiger partial charge in [-0.25, -0.2) is 0 Å². The summed E-state index contributed by atoms with van der Waals surface area (Å²) in [5, 5.41) is 14.7. The third-order valence-corrected chi connectivity index (χ3v) is 4.64. The van der Waals surface area contributed by atoms with Gasteiger partial charge in [0.1, 0.15) is 6.10 Å². The van der Waals surface area contributed by atoms with Gasteiger partial charge in [-0.15, -0.1) is 0 Å². The molecule has 2 aromatic rings. The minimum Gasteiger partial charge on any atom is -0.390 e. The molecule has 28 heavy (non-hydrogen) atoms. The van der Waals surface area contributed by atoms with Crippen LogP contribution in [-0.2, 0) is 16.1 Å². The van der Waals surface area contributed by atoms with E-state index >= 15 is 0 Å². The quantitative estimate of drug-likeness (QED) is 0.684. The lowest BCUT2D eigenvalue weighted by atomic mass is 10.0. The van der Waals surface area contributed by atoms with E-state index in [2.05, 4.69) is 34.3 Å². The molecule has 1 aliphatic rings. The average molecular weight is 383 g/mol. The average Bonchev–Trinajstić information content (AvgIpc) is 3.16. The Labute approximate surface area is 167 Å². The summed E-state index contributed by atoms with van der Waals surface area (Å²) in [6.07, 6.45) is 0.324. The maximum absolute atomic E-state index is 10.4. The minimum atomic E-state index is -0.540. The number of hydrogen-bond donors (Lipinski definition) is 1. The molecule has 1 aliphatic heterocycles. The van der Waals surface area contributed by atoms with Crippen LogP contribution in [0.2, 0.25) is 0 Å². The van der Waals surface area contributed by atoms with E-state index in [0.717, 1.165) is 24.2 Å². The fourth-order valence-corrected chi connectivity index (χ4v) is 3.31. The standard InChI is InChI=1S/C23H30N2O3/c1-18(2)27-17-21(26)15-25(14-19-9-5-3-6-10-19)16-22-13-23(24-28-22)20-11-7-4-8-12-20/h3-12,18,21-22,26H,13-17H2,1-2H3/t21-,22+/m1/s1. The van der Waals surface area contributed by atoms with Crippen LogP contribution in [-0.4, -0.2) is 53.7 Å². The van der Waals surface area contributed by atoms with E-state index in [1.54, 1.807) is 0 Å². The van der Waals surface area contributed by atoms with Crippen molar-refractivity contribution in [2.45, 2.75) is 45.1 Å². The molecule has 0 amide bonds. The Bertz CT molecular complexity index is 734. The smallest absolute Gasteiger partial charge is 0.145 e. The van der Waals surface area contributed by atoms with Gasteiger partial charge < -0.3 is 14.7 Å². The number of oxime groups is 1. The maximum Gasteiger partial charge on any atom is 0.145 e. The van der Waals surface area contributed by atoms with Crippen molar-refractivity contribution in [1.29, 1.82) is 0 Å². The first-order valence-corrected chi connectivity index (χ1v) is 9.94. The highest BCUT2D eigenvalue weighted by Gasteiger charge is 2.25.